The van der Waals surface area contributed by atoms with Gasteiger partial charge in [0.2, 0.25) is 0 Å². The van der Waals surface area contributed by atoms with E-state index in [1.54, 1.807) is 7.11 Å². The molecule has 1 unspecified atom stereocenters. The third-order valence-electron chi connectivity index (χ3n) is 3.34. The van der Waals surface area contributed by atoms with Crippen LogP contribution in [-0.2, 0) is 6.54 Å². The van der Waals surface area contributed by atoms with Crippen LogP contribution in [0, 0.1) is 5.92 Å². The molecule has 1 aromatic rings. The van der Waals surface area contributed by atoms with Gasteiger partial charge in [0, 0.05) is 12.6 Å². The molecule has 0 saturated carbocycles. The molecule has 21 heavy (non-hydrogen) atoms. The van der Waals surface area contributed by atoms with E-state index >= 15 is 0 Å². The fourth-order valence-corrected chi connectivity index (χ4v) is 2.27. The highest BCUT2D eigenvalue weighted by atomic mass is 79.9. The lowest BCUT2D eigenvalue weighted by molar-refractivity contribution is 0.412. The average molecular weight is 356 g/mol. The molecule has 2 N–H and O–H groups in total. The Bertz CT molecular complexity index is 475. The predicted octanol–water partition coefficient (Wildman–Crippen LogP) is 3.56. The van der Waals surface area contributed by atoms with Crippen molar-refractivity contribution in [3.8, 4) is 5.75 Å². The van der Waals surface area contributed by atoms with E-state index < -0.39 is 0 Å². The molecule has 0 aliphatic carbocycles. The third-order valence-corrected chi connectivity index (χ3v) is 3.96. The molecule has 1 aromatic carbocycles. The summed E-state index contributed by atoms with van der Waals surface area (Å²) >= 11 is 3.50. The van der Waals surface area contributed by atoms with Crippen LogP contribution in [0.1, 0.15) is 33.3 Å². The van der Waals surface area contributed by atoms with Crippen molar-refractivity contribution in [2.45, 2.75) is 40.3 Å². The molecule has 0 saturated heterocycles. The first kappa shape index (κ1) is 17.8. The van der Waals surface area contributed by atoms with Crippen LogP contribution in [0.25, 0.3) is 0 Å². The second-order valence-electron chi connectivity index (χ2n) is 5.34. The van der Waals surface area contributed by atoms with E-state index in [0.717, 1.165) is 28.3 Å². The SMILES string of the molecule is CCNC(=NCc1ccc(OC)c(Br)c1)NC(C)C(C)C. The van der Waals surface area contributed by atoms with Crippen molar-refractivity contribution in [3.63, 3.8) is 0 Å². The summed E-state index contributed by atoms with van der Waals surface area (Å²) in [7, 11) is 1.67. The molecule has 0 spiro atoms. The van der Waals surface area contributed by atoms with Gasteiger partial charge in [-0.2, -0.15) is 0 Å². The summed E-state index contributed by atoms with van der Waals surface area (Å²) in [6.45, 7) is 10.1. The number of aliphatic imine (C=N–C) groups is 1. The fourth-order valence-electron chi connectivity index (χ4n) is 1.68. The van der Waals surface area contributed by atoms with Crippen molar-refractivity contribution in [3.05, 3.63) is 28.2 Å². The van der Waals surface area contributed by atoms with Crippen LogP contribution in [0.4, 0.5) is 0 Å². The molecule has 0 radical (unpaired) electrons. The summed E-state index contributed by atoms with van der Waals surface area (Å²) in [6, 6.07) is 6.40. The summed E-state index contributed by atoms with van der Waals surface area (Å²) in [5.74, 6) is 2.25. The number of rotatable bonds is 6. The smallest absolute Gasteiger partial charge is 0.191 e. The van der Waals surface area contributed by atoms with Crippen molar-refractivity contribution in [2.75, 3.05) is 13.7 Å². The fraction of sp³-hybridized carbons (Fsp3) is 0.562. The van der Waals surface area contributed by atoms with E-state index in [4.69, 9.17) is 4.74 Å². The van der Waals surface area contributed by atoms with Gasteiger partial charge in [0.25, 0.3) is 0 Å². The van der Waals surface area contributed by atoms with Gasteiger partial charge in [0.1, 0.15) is 5.75 Å². The number of nitrogens with one attached hydrogen (secondary N) is 2. The van der Waals surface area contributed by atoms with Crippen LogP contribution in [0.2, 0.25) is 0 Å². The largest absolute Gasteiger partial charge is 0.496 e. The van der Waals surface area contributed by atoms with Gasteiger partial charge in [0.05, 0.1) is 18.1 Å². The van der Waals surface area contributed by atoms with E-state index in [0.29, 0.717) is 18.5 Å². The number of nitrogens with zero attached hydrogens (tertiary/aromatic N) is 1. The topological polar surface area (TPSA) is 45.7 Å². The number of guanidine groups is 1. The zero-order valence-corrected chi connectivity index (χ0v) is 15.1. The molecule has 0 amide bonds. The summed E-state index contributed by atoms with van der Waals surface area (Å²) in [6.07, 6.45) is 0. The van der Waals surface area contributed by atoms with Crippen LogP contribution in [0.5, 0.6) is 5.75 Å². The van der Waals surface area contributed by atoms with Crippen LogP contribution in [-0.4, -0.2) is 25.7 Å². The molecule has 0 aromatic heterocycles. The summed E-state index contributed by atoms with van der Waals surface area (Å²) in [5, 5.41) is 6.71. The van der Waals surface area contributed by atoms with Crippen LogP contribution in [0.15, 0.2) is 27.7 Å². The number of halogens is 1. The Balaban J connectivity index is 2.75. The molecule has 0 aliphatic heterocycles. The minimum absolute atomic E-state index is 0.380. The summed E-state index contributed by atoms with van der Waals surface area (Å²) in [4.78, 5) is 4.64. The number of ether oxygens (including phenoxy) is 1. The Morgan fingerprint density at radius 1 is 1.33 bits per heavy atom. The summed E-state index contributed by atoms with van der Waals surface area (Å²) < 4.78 is 6.19. The van der Waals surface area contributed by atoms with Gasteiger partial charge in [-0.1, -0.05) is 19.9 Å². The maximum Gasteiger partial charge on any atom is 0.191 e. The standard InChI is InChI=1S/C16H26BrN3O/c1-6-18-16(20-12(4)11(2)3)19-10-13-7-8-15(21-5)14(17)9-13/h7-9,11-12H,6,10H2,1-5H3,(H2,18,19,20). The molecular weight excluding hydrogens is 330 g/mol. The maximum absolute atomic E-state index is 5.24. The minimum atomic E-state index is 0.380. The molecule has 0 heterocycles. The Labute approximate surface area is 136 Å². The van der Waals surface area contributed by atoms with Crippen molar-refractivity contribution in [1.82, 2.24) is 10.6 Å². The normalized spacial score (nSPS) is 13.2. The lowest BCUT2D eigenvalue weighted by Crippen LogP contribution is -2.44. The number of hydrogen-bond acceptors (Lipinski definition) is 2. The zero-order valence-electron chi connectivity index (χ0n) is 13.5. The van der Waals surface area contributed by atoms with Crippen molar-refractivity contribution < 1.29 is 4.74 Å². The van der Waals surface area contributed by atoms with Gasteiger partial charge >= 0.3 is 0 Å². The van der Waals surface area contributed by atoms with Gasteiger partial charge in [0.15, 0.2) is 5.96 Å². The molecule has 1 rings (SSSR count). The quantitative estimate of drug-likeness (QED) is 0.605. The first-order chi connectivity index (χ1) is 9.97. The first-order valence-corrected chi connectivity index (χ1v) is 8.14. The minimum Gasteiger partial charge on any atom is -0.496 e. The number of hydrogen-bond donors (Lipinski definition) is 2. The first-order valence-electron chi connectivity index (χ1n) is 7.35. The van der Waals surface area contributed by atoms with Crippen LogP contribution >= 0.6 is 15.9 Å². The lowest BCUT2D eigenvalue weighted by atomic mass is 10.1. The molecule has 0 aliphatic rings. The lowest BCUT2D eigenvalue weighted by Gasteiger charge is -2.20. The molecule has 4 nitrogen and oxygen atoms in total. The van der Waals surface area contributed by atoms with Gasteiger partial charge < -0.3 is 15.4 Å². The monoisotopic (exact) mass is 355 g/mol. The molecule has 0 bridgehead atoms. The molecule has 1 atom stereocenters. The zero-order chi connectivity index (χ0) is 15.8. The Hall–Kier alpha value is -1.23. The highest BCUT2D eigenvalue weighted by Gasteiger charge is 2.09. The highest BCUT2D eigenvalue weighted by molar-refractivity contribution is 9.10. The highest BCUT2D eigenvalue weighted by Crippen LogP contribution is 2.25. The van der Waals surface area contributed by atoms with Crippen molar-refractivity contribution in [2.24, 2.45) is 10.9 Å². The maximum atomic E-state index is 5.24. The van der Waals surface area contributed by atoms with E-state index in [1.165, 1.54) is 0 Å². The van der Waals surface area contributed by atoms with Crippen LogP contribution < -0.4 is 15.4 Å². The van der Waals surface area contributed by atoms with Gasteiger partial charge in [-0.15, -0.1) is 0 Å². The Morgan fingerprint density at radius 3 is 2.57 bits per heavy atom. The van der Waals surface area contributed by atoms with E-state index in [9.17, 15) is 0 Å². The van der Waals surface area contributed by atoms with Crippen molar-refractivity contribution >= 4 is 21.9 Å². The molecule has 0 fully saturated rings. The molecule has 118 valence electrons. The molecular formula is C16H26BrN3O. The second-order valence-corrected chi connectivity index (χ2v) is 6.20. The molecule has 5 heteroatoms. The van der Waals surface area contributed by atoms with Gasteiger partial charge in [-0.05, 0) is 53.4 Å². The van der Waals surface area contributed by atoms with E-state index in [-0.39, 0.29) is 0 Å². The predicted molar refractivity (Wildman–Crippen MR) is 92.9 cm³/mol. The van der Waals surface area contributed by atoms with Gasteiger partial charge in [-0.25, -0.2) is 4.99 Å². The number of benzene rings is 1. The Kier molecular flexibility index (Phi) is 7.57. The Morgan fingerprint density at radius 2 is 2.05 bits per heavy atom. The summed E-state index contributed by atoms with van der Waals surface area (Å²) in [5.41, 5.74) is 1.14. The van der Waals surface area contributed by atoms with E-state index in [2.05, 4.69) is 59.3 Å². The van der Waals surface area contributed by atoms with Gasteiger partial charge in [-0.3, -0.25) is 0 Å². The second kappa shape index (κ2) is 8.93. The van der Waals surface area contributed by atoms with Crippen molar-refractivity contribution in [1.29, 1.82) is 0 Å². The van der Waals surface area contributed by atoms with E-state index in [1.807, 2.05) is 18.2 Å². The average Bonchev–Trinajstić information content (AvgIpc) is 2.45. The van der Waals surface area contributed by atoms with Crippen LogP contribution in [0.3, 0.4) is 0 Å². The number of methoxy groups -OCH3 is 1. The third kappa shape index (κ3) is 5.96.